The van der Waals surface area contributed by atoms with Crippen LogP contribution in [0.4, 0.5) is 11.4 Å². The highest BCUT2D eigenvalue weighted by atomic mass is 32.2. The summed E-state index contributed by atoms with van der Waals surface area (Å²) in [7, 11) is -3.85. The smallest absolute Gasteiger partial charge is 0.253 e. The van der Waals surface area contributed by atoms with Crippen LogP contribution in [0.15, 0.2) is 78.9 Å². The molecule has 0 heterocycles. The largest absolute Gasteiger partial charge is 0.455 e. The Kier molecular flexibility index (Phi) is 7.91. The molecule has 3 rings (SSSR count). The summed E-state index contributed by atoms with van der Waals surface area (Å²) in [4.78, 5) is 25.4. The molecule has 0 aliphatic heterocycles. The van der Waals surface area contributed by atoms with Gasteiger partial charge in [-0.25, -0.2) is 8.42 Å². The van der Waals surface area contributed by atoms with E-state index in [1.54, 1.807) is 72.8 Å². The predicted octanol–water partition coefficient (Wildman–Crippen LogP) is 4.02. The van der Waals surface area contributed by atoms with E-state index in [0.29, 0.717) is 5.75 Å². The lowest BCUT2D eigenvalue weighted by Gasteiger charge is -2.24. The molecule has 0 saturated carbocycles. The molecule has 0 aromatic heterocycles. The first-order chi connectivity index (χ1) is 16.1. The molecule has 0 saturated heterocycles. The van der Waals surface area contributed by atoms with E-state index in [2.05, 4.69) is 10.6 Å². The van der Waals surface area contributed by atoms with Crippen LogP contribution in [0.5, 0.6) is 11.5 Å². The Bertz CT molecular complexity index is 1260. The molecule has 0 bridgehead atoms. The summed E-state index contributed by atoms with van der Waals surface area (Å²) in [5.74, 6) is -0.140. The summed E-state index contributed by atoms with van der Waals surface area (Å²) in [5.41, 5.74) is 0.783. The summed E-state index contributed by atoms with van der Waals surface area (Å²) in [6.07, 6.45) is 1.02. The van der Waals surface area contributed by atoms with Crippen LogP contribution in [-0.2, 0) is 14.8 Å². The van der Waals surface area contributed by atoms with Crippen molar-refractivity contribution in [3.05, 3.63) is 84.4 Å². The van der Waals surface area contributed by atoms with Crippen molar-refractivity contribution in [1.82, 2.24) is 5.32 Å². The fourth-order valence-corrected chi connectivity index (χ4v) is 4.06. The maximum Gasteiger partial charge on any atom is 0.253 e. The lowest BCUT2D eigenvalue weighted by atomic mass is 10.1. The lowest BCUT2D eigenvalue weighted by Crippen LogP contribution is -2.38. The van der Waals surface area contributed by atoms with Crippen molar-refractivity contribution in [2.75, 3.05) is 22.4 Å². The molecule has 0 spiro atoms. The molecule has 0 aliphatic rings. The summed E-state index contributed by atoms with van der Waals surface area (Å²) in [5, 5.41) is 5.44. The number of carbonyl (C=O) groups excluding carboxylic acids is 2. The zero-order valence-electron chi connectivity index (χ0n) is 19.2. The van der Waals surface area contributed by atoms with Crippen LogP contribution in [0, 0.1) is 0 Å². The van der Waals surface area contributed by atoms with Crippen LogP contribution >= 0.6 is 0 Å². The maximum atomic E-state index is 12.9. The van der Waals surface area contributed by atoms with Gasteiger partial charge >= 0.3 is 0 Å². The first-order valence-electron chi connectivity index (χ1n) is 10.6. The maximum absolute atomic E-state index is 12.9. The third-order valence-electron chi connectivity index (χ3n) is 4.66. The number of carbonyl (C=O) groups is 2. The molecule has 0 radical (unpaired) electrons. The Hall–Kier alpha value is -3.85. The second-order valence-corrected chi connectivity index (χ2v) is 9.78. The average Bonchev–Trinajstić information content (AvgIpc) is 2.78. The number of anilines is 2. The van der Waals surface area contributed by atoms with Crippen molar-refractivity contribution in [3.8, 4) is 11.5 Å². The van der Waals surface area contributed by atoms with E-state index in [1.165, 1.54) is 0 Å². The minimum absolute atomic E-state index is 0.0851. The number of nitrogens with one attached hydrogen (secondary N) is 2. The number of nitrogens with zero attached hydrogens (tertiary/aromatic N) is 1. The monoisotopic (exact) mass is 481 g/mol. The Morgan fingerprint density at radius 3 is 2.21 bits per heavy atom. The van der Waals surface area contributed by atoms with Gasteiger partial charge in [-0.15, -0.1) is 0 Å². The quantitative estimate of drug-likeness (QED) is 0.480. The van der Waals surface area contributed by atoms with Crippen LogP contribution in [-0.4, -0.2) is 39.1 Å². The molecule has 34 heavy (non-hydrogen) atoms. The van der Waals surface area contributed by atoms with Crippen molar-refractivity contribution in [2.24, 2.45) is 0 Å². The minimum atomic E-state index is -3.85. The molecule has 0 aliphatic carbocycles. The van der Waals surface area contributed by atoms with Gasteiger partial charge in [0, 0.05) is 6.04 Å². The van der Waals surface area contributed by atoms with Gasteiger partial charge in [0.2, 0.25) is 15.9 Å². The van der Waals surface area contributed by atoms with Gasteiger partial charge in [-0.1, -0.05) is 42.5 Å². The molecule has 2 N–H and O–H groups in total. The summed E-state index contributed by atoms with van der Waals surface area (Å²) >= 11 is 0. The van der Waals surface area contributed by atoms with Crippen molar-refractivity contribution in [1.29, 1.82) is 0 Å². The highest BCUT2D eigenvalue weighted by Gasteiger charge is 2.25. The SMILES string of the molecule is CC(C)NC(=O)c1ccccc1NC(=O)CN(c1ccccc1Oc1ccccc1)S(C)(=O)=O. The third-order valence-corrected chi connectivity index (χ3v) is 5.78. The second kappa shape index (κ2) is 10.8. The van der Waals surface area contributed by atoms with E-state index < -0.39 is 22.5 Å². The molecule has 9 heteroatoms. The molecular formula is C25H27N3O5S. The highest BCUT2D eigenvalue weighted by molar-refractivity contribution is 7.92. The van der Waals surface area contributed by atoms with Gasteiger partial charge in [-0.2, -0.15) is 0 Å². The zero-order valence-corrected chi connectivity index (χ0v) is 20.0. The van der Waals surface area contributed by atoms with E-state index in [-0.39, 0.29) is 34.6 Å². The van der Waals surface area contributed by atoms with E-state index in [4.69, 9.17) is 4.74 Å². The van der Waals surface area contributed by atoms with Crippen molar-refractivity contribution in [2.45, 2.75) is 19.9 Å². The van der Waals surface area contributed by atoms with Gasteiger partial charge in [-0.05, 0) is 50.2 Å². The van der Waals surface area contributed by atoms with Crippen LogP contribution in [0.1, 0.15) is 24.2 Å². The van der Waals surface area contributed by atoms with Crippen LogP contribution in [0.3, 0.4) is 0 Å². The van der Waals surface area contributed by atoms with E-state index in [9.17, 15) is 18.0 Å². The minimum Gasteiger partial charge on any atom is -0.455 e. The summed E-state index contributed by atoms with van der Waals surface area (Å²) in [6, 6.07) is 21.9. The number of benzene rings is 3. The fourth-order valence-electron chi connectivity index (χ4n) is 3.20. The first kappa shape index (κ1) is 24.8. The molecule has 8 nitrogen and oxygen atoms in total. The number of ether oxygens (including phenoxy) is 1. The van der Waals surface area contributed by atoms with Crippen LogP contribution < -0.4 is 19.7 Å². The van der Waals surface area contributed by atoms with Crippen molar-refractivity contribution in [3.63, 3.8) is 0 Å². The molecule has 2 amide bonds. The molecule has 0 unspecified atom stereocenters. The molecule has 178 valence electrons. The summed E-state index contributed by atoms with van der Waals surface area (Å²) < 4.78 is 32.1. The number of hydrogen-bond acceptors (Lipinski definition) is 5. The number of para-hydroxylation sites is 4. The van der Waals surface area contributed by atoms with E-state index in [1.807, 2.05) is 19.9 Å². The zero-order chi connectivity index (χ0) is 24.7. The normalized spacial score (nSPS) is 11.1. The van der Waals surface area contributed by atoms with E-state index >= 15 is 0 Å². The molecule has 3 aromatic carbocycles. The van der Waals surface area contributed by atoms with Gasteiger partial charge < -0.3 is 15.4 Å². The first-order valence-corrected chi connectivity index (χ1v) is 12.5. The third kappa shape index (κ3) is 6.58. The fraction of sp³-hybridized carbons (Fsp3) is 0.200. The van der Waals surface area contributed by atoms with Gasteiger partial charge in [0.15, 0.2) is 5.75 Å². The molecule has 3 aromatic rings. The Balaban J connectivity index is 1.86. The van der Waals surface area contributed by atoms with Gasteiger partial charge in [-0.3, -0.25) is 13.9 Å². The average molecular weight is 482 g/mol. The Morgan fingerprint density at radius 1 is 0.912 bits per heavy atom. The number of amides is 2. The molecular weight excluding hydrogens is 454 g/mol. The lowest BCUT2D eigenvalue weighted by molar-refractivity contribution is -0.114. The van der Waals surface area contributed by atoms with Gasteiger partial charge in [0.25, 0.3) is 5.91 Å². The second-order valence-electron chi connectivity index (χ2n) is 7.87. The standard InChI is InChI=1S/C25H27N3O5S/c1-18(2)26-25(30)20-13-7-8-14-21(20)27-24(29)17-28(34(3,31)32)22-15-9-10-16-23(22)33-19-11-5-4-6-12-19/h4-16,18H,17H2,1-3H3,(H,26,30)(H,27,29). The van der Waals surface area contributed by atoms with Crippen molar-refractivity contribution >= 4 is 33.2 Å². The summed E-state index contributed by atoms with van der Waals surface area (Å²) in [6.45, 7) is 3.16. The number of sulfonamides is 1. The van der Waals surface area contributed by atoms with Crippen LogP contribution in [0.2, 0.25) is 0 Å². The van der Waals surface area contributed by atoms with Crippen LogP contribution in [0.25, 0.3) is 0 Å². The molecule has 0 atom stereocenters. The van der Waals surface area contributed by atoms with Crippen molar-refractivity contribution < 1.29 is 22.7 Å². The Morgan fingerprint density at radius 2 is 1.53 bits per heavy atom. The highest BCUT2D eigenvalue weighted by Crippen LogP contribution is 2.33. The van der Waals surface area contributed by atoms with Gasteiger partial charge in [0.05, 0.1) is 23.2 Å². The predicted molar refractivity (Wildman–Crippen MR) is 133 cm³/mol. The Labute approximate surface area is 199 Å². The van der Waals surface area contributed by atoms with E-state index in [0.717, 1.165) is 10.6 Å². The number of rotatable bonds is 9. The topological polar surface area (TPSA) is 105 Å². The number of hydrogen-bond donors (Lipinski definition) is 2. The van der Waals surface area contributed by atoms with Gasteiger partial charge in [0.1, 0.15) is 12.3 Å². The molecule has 0 fully saturated rings.